The van der Waals surface area contributed by atoms with Crippen molar-refractivity contribution in [2.75, 3.05) is 30.9 Å². The molecule has 1 unspecified atom stereocenters. The molecule has 5 heteroatoms. The van der Waals surface area contributed by atoms with Crippen molar-refractivity contribution >= 4 is 17.4 Å². The normalized spacial score (nSPS) is 12.0. The Morgan fingerprint density at radius 3 is 2.69 bits per heavy atom. The second kappa shape index (κ2) is 5.46. The van der Waals surface area contributed by atoms with Crippen LogP contribution in [0.5, 0.6) is 0 Å². The molecule has 0 saturated heterocycles. The summed E-state index contributed by atoms with van der Waals surface area (Å²) in [6.45, 7) is 2.13. The summed E-state index contributed by atoms with van der Waals surface area (Å²) in [5.41, 5.74) is 6.10. The molecule has 5 nitrogen and oxygen atoms in total. The number of hydrogen-bond donors (Lipinski definition) is 2. The Labute approximate surface area is 95.7 Å². The number of nitrogens with one attached hydrogen (secondary N) is 1. The highest BCUT2D eigenvalue weighted by molar-refractivity contribution is 5.92. The van der Waals surface area contributed by atoms with Crippen LogP contribution in [0.1, 0.15) is 6.92 Å². The van der Waals surface area contributed by atoms with E-state index in [-0.39, 0.29) is 11.8 Å². The number of anilines is 2. The van der Waals surface area contributed by atoms with E-state index in [0.717, 1.165) is 5.82 Å². The van der Waals surface area contributed by atoms with Crippen molar-refractivity contribution in [2.24, 2.45) is 11.7 Å². The van der Waals surface area contributed by atoms with Gasteiger partial charge in [-0.2, -0.15) is 0 Å². The molecule has 88 valence electrons. The lowest BCUT2D eigenvalue weighted by Gasteiger charge is -2.13. The van der Waals surface area contributed by atoms with E-state index in [4.69, 9.17) is 5.73 Å². The first kappa shape index (κ1) is 12.4. The van der Waals surface area contributed by atoms with Gasteiger partial charge in [0, 0.05) is 26.6 Å². The molecule has 1 rings (SSSR count). The van der Waals surface area contributed by atoms with Crippen molar-refractivity contribution in [2.45, 2.75) is 6.92 Å². The number of nitrogens with two attached hydrogens (primary N) is 1. The van der Waals surface area contributed by atoms with Crippen LogP contribution in [0, 0.1) is 5.92 Å². The SMILES string of the molecule is CC(CN)C(=O)Nc1ccc(N(C)C)nc1. The summed E-state index contributed by atoms with van der Waals surface area (Å²) < 4.78 is 0. The molecule has 1 amide bonds. The number of nitrogens with zero attached hydrogens (tertiary/aromatic N) is 2. The van der Waals surface area contributed by atoms with Crippen LogP contribution in [0.15, 0.2) is 18.3 Å². The van der Waals surface area contributed by atoms with Gasteiger partial charge in [0.05, 0.1) is 11.9 Å². The maximum Gasteiger partial charge on any atom is 0.228 e. The number of hydrogen-bond acceptors (Lipinski definition) is 4. The molecule has 1 aromatic heterocycles. The fraction of sp³-hybridized carbons (Fsp3) is 0.455. The van der Waals surface area contributed by atoms with Crippen molar-refractivity contribution in [3.05, 3.63) is 18.3 Å². The fourth-order valence-electron chi connectivity index (χ4n) is 1.10. The maximum absolute atomic E-state index is 11.5. The molecule has 1 heterocycles. The lowest BCUT2D eigenvalue weighted by atomic mass is 10.1. The van der Waals surface area contributed by atoms with Crippen LogP contribution in [-0.4, -0.2) is 31.5 Å². The Morgan fingerprint density at radius 1 is 1.56 bits per heavy atom. The monoisotopic (exact) mass is 222 g/mol. The second-order valence-corrected chi connectivity index (χ2v) is 3.93. The summed E-state index contributed by atoms with van der Waals surface area (Å²) in [4.78, 5) is 17.6. The van der Waals surface area contributed by atoms with E-state index in [9.17, 15) is 4.79 Å². The lowest BCUT2D eigenvalue weighted by Crippen LogP contribution is -2.26. The molecular formula is C11H18N4O. The molecule has 1 aromatic rings. The van der Waals surface area contributed by atoms with Crippen LogP contribution in [0.3, 0.4) is 0 Å². The highest BCUT2D eigenvalue weighted by Gasteiger charge is 2.10. The number of pyridine rings is 1. The van der Waals surface area contributed by atoms with Gasteiger partial charge >= 0.3 is 0 Å². The quantitative estimate of drug-likeness (QED) is 0.786. The number of carbonyl (C=O) groups excluding carboxylic acids is 1. The van der Waals surface area contributed by atoms with Gasteiger partial charge in [0.15, 0.2) is 0 Å². The zero-order chi connectivity index (χ0) is 12.1. The summed E-state index contributed by atoms with van der Waals surface area (Å²) in [5, 5.41) is 2.76. The third-order valence-electron chi connectivity index (χ3n) is 2.27. The highest BCUT2D eigenvalue weighted by Crippen LogP contribution is 2.12. The standard InChI is InChI=1S/C11H18N4O/c1-8(6-12)11(16)14-9-4-5-10(13-7-9)15(2)3/h4-5,7-8H,6,12H2,1-3H3,(H,14,16). The molecule has 0 spiro atoms. The molecule has 0 aromatic carbocycles. The van der Waals surface area contributed by atoms with Gasteiger partial charge in [-0.05, 0) is 12.1 Å². The summed E-state index contributed by atoms with van der Waals surface area (Å²) >= 11 is 0. The van der Waals surface area contributed by atoms with E-state index in [0.29, 0.717) is 12.2 Å². The third kappa shape index (κ3) is 3.20. The molecule has 0 aliphatic heterocycles. The first-order chi connectivity index (χ1) is 7.54. The van der Waals surface area contributed by atoms with E-state index in [2.05, 4.69) is 10.3 Å². The molecule has 0 aliphatic rings. The lowest BCUT2D eigenvalue weighted by molar-refractivity contribution is -0.119. The Bertz CT molecular complexity index is 348. The minimum Gasteiger partial charge on any atom is -0.363 e. The predicted molar refractivity (Wildman–Crippen MR) is 65.4 cm³/mol. The molecule has 16 heavy (non-hydrogen) atoms. The molecule has 1 atom stereocenters. The van der Waals surface area contributed by atoms with Crippen LogP contribution in [-0.2, 0) is 4.79 Å². The van der Waals surface area contributed by atoms with Gasteiger partial charge in [0.1, 0.15) is 5.82 Å². The first-order valence-corrected chi connectivity index (χ1v) is 5.19. The molecule has 0 saturated carbocycles. The van der Waals surface area contributed by atoms with Crippen molar-refractivity contribution in [3.8, 4) is 0 Å². The van der Waals surface area contributed by atoms with Gasteiger partial charge in [-0.25, -0.2) is 4.98 Å². The summed E-state index contributed by atoms with van der Waals surface area (Å²) in [5.74, 6) is 0.584. The summed E-state index contributed by atoms with van der Waals surface area (Å²) in [7, 11) is 3.83. The molecular weight excluding hydrogens is 204 g/mol. The number of carbonyl (C=O) groups is 1. The maximum atomic E-state index is 11.5. The Kier molecular flexibility index (Phi) is 4.25. The van der Waals surface area contributed by atoms with Gasteiger partial charge in [0.25, 0.3) is 0 Å². The zero-order valence-electron chi connectivity index (χ0n) is 9.90. The van der Waals surface area contributed by atoms with E-state index in [1.807, 2.05) is 31.1 Å². The number of rotatable bonds is 4. The zero-order valence-corrected chi connectivity index (χ0v) is 9.90. The van der Waals surface area contributed by atoms with Crippen molar-refractivity contribution in [3.63, 3.8) is 0 Å². The molecule has 0 bridgehead atoms. The number of amides is 1. The Hall–Kier alpha value is -1.62. The Morgan fingerprint density at radius 2 is 2.25 bits per heavy atom. The van der Waals surface area contributed by atoms with E-state index >= 15 is 0 Å². The average Bonchev–Trinajstić information content (AvgIpc) is 2.28. The third-order valence-corrected chi connectivity index (χ3v) is 2.27. The van der Waals surface area contributed by atoms with Gasteiger partial charge in [0.2, 0.25) is 5.91 Å². The summed E-state index contributed by atoms with van der Waals surface area (Å²) in [6, 6.07) is 3.67. The van der Waals surface area contributed by atoms with Gasteiger partial charge < -0.3 is 16.0 Å². The van der Waals surface area contributed by atoms with E-state index in [1.54, 1.807) is 13.1 Å². The van der Waals surface area contributed by atoms with Crippen LogP contribution in [0.4, 0.5) is 11.5 Å². The first-order valence-electron chi connectivity index (χ1n) is 5.19. The van der Waals surface area contributed by atoms with Crippen molar-refractivity contribution in [1.82, 2.24) is 4.98 Å². The fourth-order valence-corrected chi connectivity index (χ4v) is 1.10. The van der Waals surface area contributed by atoms with Gasteiger partial charge in [-0.1, -0.05) is 6.92 Å². The van der Waals surface area contributed by atoms with Crippen LogP contribution < -0.4 is 16.0 Å². The second-order valence-electron chi connectivity index (χ2n) is 3.93. The van der Waals surface area contributed by atoms with E-state index in [1.165, 1.54) is 0 Å². The minimum absolute atomic E-state index is 0.0816. The largest absolute Gasteiger partial charge is 0.363 e. The van der Waals surface area contributed by atoms with Crippen molar-refractivity contribution < 1.29 is 4.79 Å². The number of aromatic nitrogens is 1. The molecule has 0 fully saturated rings. The van der Waals surface area contributed by atoms with Crippen LogP contribution >= 0.6 is 0 Å². The van der Waals surface area contributed by atoms with Gasteiger partial charge in [-0.15, -0.1) is 0 Å². The molecule has 3 N–H and O–H groups in total. The van der Waals surface area contributed by atoms with E-state index < -0.39 is 0 Å². The highest BCUT2D eigenvalue weighted by atomic mass is 16.1. The van der Waals surface area contributed by atoms with Crippen LogP contribution in [0.25, 0.3) is 0 Å². The Balaban J connectivity index is 2.65. The molecule has 0 aliphatic carbocycles. The van der Waals surface area contributed by atoms with Gasteiger partial charge in [-0.3, -0.25) is 4.79 Å². The minimum atomic E-state index is -0.187. The van der Waals surface area contributed by atoms with Crippen molar-refractivity contribution in [1.29, 1.82) is 0 Å². The summed E-state index contributed by atoms with van der Waals surface area (Å²) in [6.07, 6.45) is 1.64. The predicted octanol–water partition coefficient (Wildman–Crippen LogP) is 0.681. The average molecular weight is 222 g/mol. The topological polar surface area (TPSA) is 71.2 Å². The smallest absolute Gasteiger partial charge is 0.228 e. The molecule has 0 radical (unpaired) electrons. The van der Waals surface area contributed by atoms with Crippen LogP contribution in [0.2, 0.25) is 0 Å².